The van der Waals surface area contributed by atoms with Gasteiger partial charge in [0.1, 0.15) is 0 Å². The number of carbonyl (C=O) groups excluding carboxylic acids is 2. The summed E-state index contributed by atoms with van der Waals surface area (Å²) in [6.07, 6.45) is 4.14. The molecule has 1 aliphatic heterocycles. The van der Waals surface area contributed by atoms with Gasteiger partial charge in [0.2, 0.25) is 0 Å². The first-order valence-corrected chi connectivity index (χ1v) is 9.64. The molecule has 26 heavy (non-hydrogen) atoms. The Hall–Kier alpha value is -1.72. The summed E-state index contributed by atoms with van der Waals surface area (Å²) in [5.41, 5.74) is -0.567. The fourth-order valence-electron chi connectivity index (χ4n) is 3.45. The number of ether oxygens (including phenoxy) is 3. The highest BCUT2D eigenvalue weighted by atomic mass is 16.7. The molecule has 1 aromatic rings. The van der Waals surface area contributed by atoms with Crippen molar-refractivity contribution in [1.29, 1.82) is 0 Å². The van der Waals surface area contributed by atoms with Crippen LogP contribution in [0.4, 0.5) is 0 Å². The first-order chi connectivity index (χ1) is 12.6. The van der Waals surface area contributed by atoms with Gasteiger partial charge in [0.15, 0.2) is 17.5 Å². The van der Waals surface area contributed by atoms with Crippen molar-refractivity contribution >= 4 is 11.8 Å². The molecule has 0 N–H and O–H groups in total. The summed E-state index contributed by atoms with van der Waals surface area (Å²) in [4.78, 5) is 25.7. The number of benzene rings is 1. The Labute approximate surface area is 156 Å². The quantitative estimate of drug-likeness (QED) is 0.360. The van der Waals surface area contributed by atoms with Crippen molar-refractivity contribution in [3.8, 4) is 0 Å². The van der Waals surface area contributed by atoms with Gasteiger partial charge >= 0.3 is 5.97 Å². The Morgan fingerprint density at radius 3 is 2.58 bits per heavy atom. The molecule has 2 atom stereocenters. The average Bonchev–Trinajstić information content (AvgIpc) is 2.69. The van der Waals surface area contributed by atoms with Gasteiger partial charge in [0.05, 0.1) is 6.61 Å². The minimum absolute atomic E-state index is 0.115. The van der Waals surface area contributed by atoms with Crippen LogP contribution in [0.5, 0.6) is 0 Å². The van der Waals surface area contributed by atoms with E-state index in [4.69, 9.17) is 14.2 Å². The summed E-state index contributed by atoms with van der Waals surface area (Å²) >= 11 is 0. The molecule has 0 spiro atoms. The summed E-state index contributed by atoms with van der Waals surface area (Å²) < 4.78 is 16.7. The Balaban J connectivity index is 2.13. The first kappa shape index (κ1) is 20.6. The summed E-state index contributed by atoms with van der Waals surface area (Å²) in [7, 11) is 0. The highest BCUT2D eigenvalue weighted by Gasteiger charge is 2.47. The Morgan fingerprint density at radius 1 is 1.19 bits per heavy atom. The van der Waals surface area contributed by atoms with E-state index in [1.807, 2.05) is 30.3 Å². The van der Waals surface area contributed by atoms with Gasteiger partial charge in [-0.1, -0.05) is 37.3 Å². The minimum Gasteiger partial charge on any atom is -0.465 e. The zero-order valence-corrected chi connectivity index (χ0v) is 15.9. The molecule has 1 saturated heterocycles. The molecule has 0 radical (unpaired) electrons. The van der Waals surface area contributed by atoms with Crippen LogP contribution in [0.15, 0.2) is 30.3 Å². The molecule has 0 bridgehead atoms. The summed E-state index contributed by atoms with van der Waals surface area (Å²) in [6, 6.07) is 9.22. The Bertz CT molecular complexity index is 565. The predicted octanol–water partition coefficient (Wildman–Crippen LogP) is 3.79. The molecule has 1 heterocycles. The molecular weight excluding hydrogens is 332 g/mol. The lowest BCUT2D eigenvalue weighted by Crippen LogP contribution is -2.45. The summed E-state index contributed by atoms with van der Waals surface area (Å²) in [5.74, 6) is -0.581. The largest absolute Gasteiger partial charge is 0.465 e. The van der Waals surface area contributed by atoms with E-state index in [0.29, 0.717) is 25.0 Å². The van der Waals surface area contributed by atoms with E-state index in [9.17, 15) is 9.59 Å². The van der Waals surface area contributed by atoms with Crippen LogP contribution in [0.2, 0.25) is 0 Å². The van der Waals surface area contributed by atoms with Crippen LogP contribution in [-0.2, 0) is 29.2 Å². The monoisotopic (exact) mass is 362 g/mol. The molecule has 0 amide bonds. The maximum absolute atomic E-state index is 12.9. The predicted molar refractivity (Wildman–Crippen MR) is 98.8 cm³/mol. The minimum atomic E-state index is -1.26. The van der Waals surface area contributed by atoms with E-state index >= 15 is 0 Å². The lowest BCUT2D eigenvalue weighted by molar-refractivity contribution is -0.164. The fraction of sp³-hybridized carbons (Fsp3) is 0.619. The molecule has 0 aromatic heterocycles. The van der Waals surface area contributed by atoms with Gasteiger partial charge in [-0.15, -0.1) is 0 Å². The van der Waals surface area contributed by atoms with Crippen molar-refractivity contribution in [2.75, 3.05) is 19.8 Å². The molecule has 0 aliphatic carbocycles. The van der Waals surface area contributed by atoms with Crippen LogP contribution >= 0.6 is 0 Å². The van der Waals surface area contributed by atoms with E-state index in [-0.39, 0.29) is 25.1 Å². The number of hydrogen-bond donors (Lipinski definition) is 0. The van der Waals surface area contributed by atoms with Crippen LogP contribution < -0.4 is 0 Å². The number of hydrogen-bond acceptors (Lipinski definition) is 5. The van der Waals surface area contributed by atoms with E-state index in [2.05, 4.69) is 0 Å². The number of rotatable bonds is 10. The van der Waals surface area contributed by atoms with Gasteiger partial charge in [-0.2, -0.15) is 0 Å². The van der Waals surface area contributed by atoms with Crippen molar-refractivity contribution < 1.29 is 23.8 Å². The SMILES string of the molecule is CCOC(=O)[C@](CCCO[C@@H]1CCCCO1)(C(=O)CC)c1ccccc1. The van der Waals surface area contributed by atoms with E-state index < -0.39 is 11.4 Å². The number of esters is 1. The number of Topliss-reactive ketones (excluding diaryl/α,β-unsaturated/α-hetero) is 1. The normalized spacial score (nSPS) is 19.5. The Morgan fingerprint density at radius 2 is 1.96 bits per heavy atom. The van der Waals surface area contributed by atoms with Crippen LogP contribution in [0.3, 0.4) is 0 Å². The van der Waals surface area contributed by atoms with Gasteiger partial charge in [-0.25, -0.2) is 0 Å². The van der Waals surface area contributed by atoms with Crippen molar-refractivity contribution in [1.82, 2.24) is 0 Å². The third-order valence-corrected chi connectivity index (χ3v) is 4.83. The van der Waals surface area contributed by atoms with E-state index in [0.717, 1.165) is 25.9 Å². The second-order valence-corrected chi connectivity index (χ2v) is 6.54. The molecule has 144 valence electrons. The van der Waals surface area contributed by atoms with Crippen molar-refractivity contribution in [2.45, 2.75) is 64.1 Å². The van der Waals surface area contributed by atoms with Crippen LogP contribution in [-0.4, -0.2) is 37.9 Å². The molecule has 1 fully saturated rings. The molecule has 0 saturated carbocycles. The lowest BCUT2D eigenvalue weighted by Gasteiger charge is -2.31. The topological polar surface area (TPSA) is 61.8 Å². The van der Waals surface area contributed by atoms with Crippen molar-refractivity contribution in [3.05, 3.63) is 35.9 Å². The maximum atomic E-state index is 12.9. The lowest BCUT2D eigenvalue weighted by atomic mass is 9.72. The van der Waals surface area contributed by atoms with Gasteiger partial charge in [-0.3, -0.25) is 9.59 Å². The van der Waals surface area contributed by atoms with Gasteiger partial charge < -0.3 is 14.2 Å². The third-order valence-electron chi connectivity index (χ3n) is 4.83. The van der Waals surface area contributed by atoms with Gasteiger partial charge in [0, 0.05) is 19.6 Å². The van der Waals surface area contributed by atoms with Gasteiger partial charge in [-0.05, 0) is 44.6 Å². The molecular formula is C21H30O5. The standard InChI is InChI=1S/C21H30O5/c1-3-18(22)21(20(23)24-4-2,17-11-6-5-7-12-17)14-10-16-26-19-13-8-9-15-25-19/h5-7,11-12,19H,3-4,8-10,13-16H2,1-2H3/t19-,21+/m1/s1. The second kappa shape index (κ2) is 10.4. The zero-order chi connectivity index (χ0) is 18.8. The van der Waals surface area contributed by atoms with E-state index in [1.54, 1.807) is 13.8 Å². The molecule has 2 rings (SSSR count). The zero-order valence-electron chi connectivity index (χ0n) is 15.9. The number of carbonyl (C=O) groups is 2. The highest BCUT2D eigenvalue weighted by Crippen LogP contribution is 2.34. The van der Waals surface area contributed by atoms with Crippen LogP contribution in [0.1, 0.15) is 57.9 Å². The average molecular weight is 362 g/mol. The number of ketones is 1. The second-order valence-electron chi connectivity index (χ2n) is 6.54. The first-order valence-electron chi connectivity index (χ1n) is 9.64. The fourth-order valence-corrected chi connectivity index (χ4v) is 3.45. The highest BCUT2D eigenvalue weighted by molar-refractivity contribution is 6.09. The van der Waals surface area contributed by atoms with E-state index in [1.165, 1.54) is 0 Å². The smallest absolute Gasteiger partial charge is 0.324 e. The van der Waals surface area contributed by atoms with Crippen LogP contribution in [0.25, 0.3) is 0 Å². The Kier molecular flexibility index (Phi) is 8.26. The summed E-state index contributed by atoms with van der Waals surface area (Å²) in [5, 5.41) is 0. The van der Waals surface area contributed by atoms with Crippen molar-refractivity contribution in [3.63, 3.8) is 0 Å². The van der Waals surface area contributed by atoms with Crippen molar-refractivity contribution in [2.24, 2.45) is 0 Å². The third kappa shape index (κ3) is 4.92. The maximum Gasteiger partial charge on any atom is 0.324 e. The molecule has 1 aromatic carbocycles. The van der Waals surface area contributed by atoms with Gasteiger partial charge in [0.25, 0.3) is 0 Å². The van der Waals surface area contributed by atoms with Crippen LogP contribution in [0, 0.1) is 0 Å². The molecule has 5 heteroatoms. The molecule has 5 nitrogen and oxygen atoms in total. The molecule has 1 aliphatic rings. The molecule has 0 unspecified atom stereocenters. The summed E-state index contributed by atoms with van der Waals surface area (Å²) in [6.45, 7) is 4.97.